The Balaban J connectivity index is 1.78. The van der Waals surface area contributed by atoms with Crippen molar-refractivity contribution in [2.45, 2.75) is 13.0 Å². The van der Waals surface area contributed by atoms with Gasteiger partial charge in [-0.1, -0.05) is 17.7 Å². The Morgan fingerprint density at radius 3 is 2.38 bits per heavy atom. The molecule has 3 aromatic carbocycles. The molecule has 3 aromatic rings. The molecule has 1 amide bonds. The quantitative estimate of drug-likeness (QED) is 0.313. The van der Waals surface area contributed by atoms with Crippen molar-refractivity contribution >= 4 is 55.3 Å². The highest BCUT2D eigenvalue weighted by atomic mass is 79.9. The van der Waals surface area contributed by atoms with Crippen LogP contribution >= 0.6 is 43.5 Å². The first-order valence-corrected chi connectivity index (χ1v) is 11.0. The highest BCUT2D eigenvalue weighted by Crippen LogP contribution is 2.39. The van der Waals surface area contributed by atoms with E-state index in [-0.39, 0.29) is 35.1 Å². The minimum atomic E-state index is -0.964. The lowest BCUT2D eigenvalue weighted by Gasteiger charge is -2.13. The third kappa shape index (κ3) is 5.99. The molecule has 0 bridgehead atoms. The monoisotopic (exact) mass is 585 g/mol. The molecule has 0 spiro atoms. The molecule has 0 radical (unpaired) electrons. The number of benzene rings is 3. The van der Waals surface area contributed by atoms with Crippen molar-refractivity contribution in [2.75, 3.05) is 0 Å². The van der Waals surface area contributed by atoms with Gasteiger partial charge >= 0.3 is 5.97 Å². The summed E-state index contributed by atoms with van der Waals surface area (Å²) in [5.41, 5.74) is 1.05. The van der Waals surface area contributed by atoms with Gasteiger partial charge in [0.15, 0.2) is 5.75 Å². The zero-order valence-corrected chi connectivity index (χ0v) is 20.1. The summed E-state index contributed by atoms with van der Waals surface area (Å²) in [7, 11) is 0. The topological polar surface area (TPSA) is 95.9 Å². The predicted molar refractivity (Wildman–Crippen MR) is 124 cm³/mol. The lowest BCUT2D eigenvalue weighted by molar-refractivity contribution is -0.136. The second-order valence-electron chi connectivity index (χ2n) is 6.66. The van der Waals surface area contributed by atoms with Crippen molar-refractivity contribution < 1.29 is 28.9 Å². The Hall–Kier alpha value is -2.62. The number of nitrogens with one attached hydrogen (secondary N) is 1. The summed E-state index contributed by atoms with van der Waals surface area (Å²) in [5.74, 6) is -1.65. The molecule has 6 nitrogen and oxygen atoms in total. The van der Waals surface area contributed by atoms with E-state index in [9.17, 15) is 19.1 Å². The van der Waals surface area contributed by atoms with Gasteiger partial charge in [0.1, 0.15) is 17.3 Å². The number of amides is 1. The summed E-state index contributed by atoms with van der Waals surface area (Å²) in [6, 6.07) is 11.2. The van der Waals surface area contributed by atoms with Crippen LogP contribution in [0.1, 0.15) is 21.5 Å². The molecule has 0 heterocycles. The van der Waals surface area contributed by atoms with Gasteiger partial charge in [0.25, 0.3) is 5.91 Å². The minimum Gasteiger partial charge on any atom is -0.507 e. The van der Waals surface area contributed by atoms with Crippen molar-refractivity contribution in [1.29, 1.82) is 0 Å². The third-order valence-electron chi connectivity index (χ3n) is 4.30. The largest absolute Gasteiger partial charge is 0.507 e. The van der Waals surface area contributed by atoms with E-state index in [0.29, 0.717) is 25.8 Å². The molecule has 3 rings (SSSR count). The Labute approximate surface area is 204 Å². The molecule has 0 saturated heterocycles. The van der Waals surface area contributed by atoms with Gasteiger partial charge in [-0.15, -0.1) is 0 Å². The van der Waals surface area contributed by atoms with E-state index < -0.39 is 17.7 Å². The van der Waals surface area contributed by atoms with E-state index in [1.54, 1.807) is 12.1 Å². The van der Waals surface area contributed by atoms with Gasteiger partial charge in [0.2, 0.25) is 0 Å². The molecule has 0 aromatic heterocycles. The van der Waals surface area contributed by atoms with E-state index in [0.717, 1.165) is 6.07 Å². The molecule has 32 heavy (non-hydrogen) atoms. The summed E-state index contributed by atoms with van der Waals surface area (Å²) < 4.78 is 20.0. The van der Waals surface area contributed by atoms with Crippen LogP contribution in [0.15, 0.2) is 57.5 Å². The Morgan fingerprint density at radius 2 is 1.75 bits per heavy atom. The van der Waals surface area contributed by atoms with Crippen LogP contribution in [0.5, 0.6) is 17.2 Å². The van der Waals surface area contributed by atoms with Crippen LogP contribution in [-0.2, 0) is 17.8 Å². The summed E-state index contributed by atoms with van der Waals surface area (Å²) in [4.78, 5) is 23.5. The van der Waals surface area contributed by atoms with Crippen molar-refractivity contribution in [1.82, 2.24) is 5.32 Å². The first kappa shape index (κ1) is 24.0. The number of phenolic OH excluding ortho intramolecular Hbond substituents is 1. The number of aliphatic carboxylic acids is 1. The summed E-state index contributed by atoms with van der Waals surface area (Å²) in [6.07, 6.45) is -0.154. The Kier molecular flexibility index (Phi) is 7.76. The number of phenols is 1. The van der Waals surface area contributed by atoms with Crippen LogP contribution in [0, 0.1) is 5.82 Å². The van der Waals surface area contributed by atoms with E-state index in [1.807, 2.05) is 0 Å². The number of hydrogen-bond donors (Lipinski definition) is 3. The SMILES string of the molecule is O=C(O)Cc1cc(Br)c(Oc2ccc(O)c(C(=O)NCc3ccc(F)cc3Cl)c2)c(Br)c1. The number of hydrogen-bond acceptors (Lipinski definition) is 4. The number of carbonyl (C=O) groups excluding carboxylic acids is 1. The van der Waals surface area contributed by atoms with Crippen molar-refractivity contribution in [3.63, 3.8) is 0 Å². The van der Waals surface area contributed by atoms with Crippen LogP contribution in [-0.4, -0.2) is 22.1 Å². The first-order chi connectivity index (χ1) is 15.1. The fourth-order valence-electron chi connectivity index (χ4n) is 2.80. The van der Waals surface area contributed by atoms with Crippen molar-refractivity contribution in [3.8, 4) is 17.2 Å². The lowest BCUT2D eigenvalue weighted by Crippen LogP contribution is -2.23. The maximum Gasteiger partial charge on any atom is 0.307 e. The summed E-state index contributed by atoms with van der Waals surface area (Å²) in [6.45, 7) is 0.0323. The normalized spacial score (nSPS) is 10.6. The van der Waals surface area contributed by atoms with Gasteiger partial charge in [-0.3, -0.25) is 9.59 Å². The van der Waals surface area contributed by atoms with E-state index in [4.69, 9.17) is 21.4 Å². The molecule has 0 aliphatic rings. The number of rotatable bonds is 7. The molecule has 0 aliphatic heterocycles. The first-order valence-electron chi connectivity index (χ1n) is 9.06. The highest BCUT2D eigenvalue weighted by Gasteiger charge is 2.16. The highest BCUT2D eigenvalue weighted by molar-refractivity contribution is 9.11. The van der Waals surface area contributed by atoms with Crippen LogP contribution in [0.3, 0.4) is 0 Å². The maximum absolute atomic E-state index is 13.2. The minimum absolute atomic E-state index is 0.0320. The Morgan fingerprint density at radius 1 is 1.06 bits per heavy atom. The molecule has 0 saturated carbocycles. The van der Waals surface area contributed by atoms with Gasteiger partial charge in [-0.25, -0.2) is 4.39 Å². The molecule has 0 unspecified atom stereocenters. The molecule has 0 fully saturated rings. The number of carbonyl (C=O) groups is 2. The maximum atomic E-state index is 13.2. The molecule has 10 heteroatoms. The second kappa shape index (κ2) is 10.3. The average Bonchev–Trinajstić information content (AvgIpc) is 2.70. The zero-order chi connectivity index (χ0) is 23.4. The zero-order valence-electron chi connectivity index (χ0n) is 16.2. The molecular weight excluding hydrogens is 573 g/mol. The van der Waals surface area contributed by atoms with Crippen molar-refractivity contribution in [3.05, 3.63) is 85.0 Å². The van der Waals surface area contributed by atoms with E-state index >= 15 is 0 Å². The summed E-state index contributed by atoms with van der Waals surface area (Å²) in [5, 5.41) is 21.9. The van der Waals surface area contributed by atoms with Crippen LogP contribution in [0.25, 0.3) is 0 Å². The number of carboxylic acid groups (broad SMARTS) is 1. The third-order valence-corrected chi connectivity index (χ3v) is 5.83. The molecule has 3 N–H and O–H groups in total. The predicted octanol–water partition coefficient (Wildman–Crippen LogP) is 6.06. The molecular formula is C22H15Br2ClFNO5. The molecule has 166 valence electrons. The van der Waals surface area contributed by atoms with Gasteiger partial charge in [-0.05, 0) is 85.5 Å². The fourth-order valence-corrected chi connectivity index (χ4v) is 4.48. The number of halogens is 4. The van der Waals surface area contributed by atoms with Gasteiger partial charge < -0.3 is 20.3 Å². The van der Waals surface area contributed by atoms with Crippen LogP contribution < -0.4 is 10.1 Å². The Bertz CT molecular complexity index is 1180. The number of ether oxygens (including phenoxy) is 1. The number of aromatic hydroxyl groups is 1. The smallest absolute Gasteiger partial charge is 0.307 e. The molecule has 0 atom stereocenters. The van der Waals surface area contributed by atoms with E-state index in [1.165, 1.54) is 30.3 Å². The number of carboxylic acids is 1. The fraction of sp³-hybridized carbons (Fsp3) is 0.0909. The second-order valence-corrected chi connectivity index (χ2v) is 8.77. The van der Waals surface area contributed by atoms with Gasteiger partial charge in [0, 0.05) is 11.6 Å². The summed E-state index contributed by atoms with van der Waals surface area (Å²) >= 11 is 12.7. The van der Waals surface area contributed by atoms with Gasteiger partial charge in [-0.2, -0.15) is 0 Å². The van der Waals surface area contributed by atoms with Crippen LogP contribution in [0.4, 0.5) is 4.39 Å². The molecule has 0 aliphatic carbocycles. The lowest BCUT2D eigenvalue weighted by atomic mass is 10.1. The van der Waals surface area contributed by atoms with Crippen LogP contribution in [0.2, 0.25) is 5.02 Å². The van der Waals surface area contributed by atoms with Gasteiger partial charge in [0.05, 0.1) is 20.9 Å². The van der Waals surface area contributed by atoms with E-state index in [2.05, 4.69) is 37.2 Å². The standard InChI is InChI=1S/C22H15Br2ClFNO5/c23-16-5-11(7-20(29)30)6-17(24)21(16)32-14-3-4-19(28)15(9-14)22(31)27-10-12-1-2-13(26)8-18(12)25/h1-6,8-9,28H,7,10H2,(H,27,31)(H,29,30). The van der Waals surface area contributed by atoms with Crippen molar-refractivity contribution in [2.24, 2.45) is 0 Å². The average molecular weight is 588 g/mol.